The number of benzene rings is 2. The number of hydrogen-bond donors (Lipinski definition) is 2. The van der Waals surface area contributed by atoms with E-state index in [0.29, 0.717) is 36.2 Å². The number of aromatic nitrogens is 2. The summed E-state index contributed by atoms with van der Waals surface area (Å²) in [6.45, 7) is 4.97. The molecule has 6 nitrogen and oxygen atoms in total. The van der Waals surface area contributed by atoms with Crippen molar-refractivity contribution in [2.24, 2.45) is 0 Å². The van der Waals surface area contributed by atoms with Crippen molar-refractivity contribution in [1.82, 2.24) is 9.97 Å². The van der Waals surface area contributed by atoms with Gasteiger partial charge in [0.25, 0.3) is 0 Å². The molecular weight excluding hydrogens is 397 g/mol. The summed E-state index contributed by atoms with van der Waals surface area (Å²) < 4.78 is 47.1. The second-order valence-corrected chi connectivity index (χ2v) is 6.15. The smallest absolute Gasteiger partial charge is 0.494 e. The zero-order valence-electron chi connectivity index (χ0n) is 16.5. The zero-order chi connectivity index (χ0) is 21.6. The van der Waals surface area contributed by atoms with Crippen molar-refractivity contribution in [3.05, 3.63) is 54.6 Å². The largest absolute Gasteiger partial charge is 0.573 e. The van der Waals surface area contributed by atoms with Gasteiger partial charge in [0.05, 0.1) is 12.3 Å². The van der Waals surface area contributed by atoms with Crippen molar-refractivity contribution in [1.29, 1.82) is 0 Å². The Morgan fingerprint density at radius 1 is 0.933 bits per heavy atom. The fourth-order valence-corrected chi connectivity index (χ4v) is 2.70. The molecule has 0 aliphatic carbocycles. The van der Waals surface area contributed by atoms with Crippen molar-refractivity contribution < 1.29 is 22.6 Å². The summed E-state index contributed by atoms with van der Waals surface area (Å²) in [5.41, 5.74) is 1.69. The standard InChI is InChI=1S/C21H21F3N4O2/c1-3-25-20-27-18(14-6-5-7-17(12-14)30-21(22,23)24)13-19(28-20)26-15-8-10-16(11-9-15)29-4-2/h5-13H,3-4H2,1-2H3,(H2,25,26,27,28). The number of ether oxygens (including phenoxy) is 2. The molecule has 158 valence electrons. The number of halogens is 3. The maximum atomic E-state index is 12.5. The molecule has 0 radical (unpaired) electrons. The highest BCUT2D eigenvalue weighted by atomic mass is 19.4. The van der Waals surface area contributed by atoms with Gasteiger partial charge in [-0.15, -0.1) is 13.2 Å². The number of alkyl halides is 3. The Bertz CT molecular complexity index is 979. The molecule has 3 rings (SSSR count). The average Bonchev–Trinajstić information content (AvgIpc) is 2.69. The Kier molecular flexibility index (Phi) is 6.61. The first-order valence-electron chi connectivity index (χ1n) is 9.35. The highest BCUT2D eigenvalue weighted by Crippen LogP contribution is 2.29. The summed E-state index contributed by atoms with van der Waals surface area (Å²) in [4.78, 5) is 8.80. The lowest BCUT2D eigenvalue weighted by atomic mass is 10.1. The van der Waals surface area contributed by atoms with E-state index < -0.39 is 6.36 Å². The van der Waals surface area contributed by atoms with E-state index in [1.807, 2.05) is 38.1 Å². The van der Waals surface area contributed by atoms with Gasteiger partial charge in [0.1, 0.15) is 17.3 Å². The molecule has 0 spiro atoms. The Hall–Kier alpha value is -3.49. The first-order chi connectivity index (χ1) is 14.4. The van der Waals surface area contributed by atoms with Gasteiger partial charge in [-0.3, -0.25) is 0 Å². The topological polar surface area (TPSA) is 68.3 Å². The van der Waals surface area contributed by atoms with E-state index in [1.165, 1.54) is 18.2 Å². The molecule has 0 unspecified atom stereocenters. The summed E-state index contributed by atoms with van der Waals surface area (Å²) in [5.74, 6) is 1.28. The third-order valence-corrected chi connectivity index (χ3v) is 3.86. The van der Waals surface area contributed by atoms with Crippen molar-refractivity contribution >= 4 is 17.5 Å². The Morgan fingerprint density at radius 3 is 2.37 bits per heavy atom. The minimum atomic E-state index is -4.76. The summed E-state index contributed by atoms with van der Waals surface area (Å²) in [6.07, 6.45) is -4.76. The molecule has 0 aliphatic heterocycles. The maximum absolute atomic E-state index is 12.5. The van der Waals surface area contributed by atoms with Gasteiger partial charge in [0, 0.05) is 23.9 Å². The van der Waals surface area contributed by atoms with Crippen molar-refractivity contribution in [2.75, 3.05) is 23.8 Å². The van der Waals surface area contributed by atoms with Gasteiger partial charge in [0.2, 0.25) is 5.95 Å². The van der Waals surface area contributed by atoms with Gasteiger partial charge < -0.3 is 20.1 Å². The molecule has 3 aromatic rings. The van der Waals surface area contributed by atoms with E-state index in [2.05, 4.69) is 25.3 Å². The summed E-state index contributed by atoms with van der Waals surface area (Å²) in [6, 6.07) is 14.7. The lowest BCUT2D eigenvalue weighted by Crippen LogP contribution is -2.17. The van der Waals surface area contributed by atoms with Crippen LogP contribution in [0, 0.1) is 0 Å². The van der Waals surface area contributed by atoms with Crippen LogP contribution >= 0.6 is 0 Å². The third kappa shape index (κ3) is 6.00. The van der Waals surface area contributed by atoms with Crippen LogP contribution in [0.25, 0.3) is 11.3 Å². The van der Waals surface area contributed by atoms with Gasteiger partial charge in [-0.05, 0) is 50.2 Å². The molecule has 0 atom stereocenters. The summed E-state index contributed by atoms with van der Waals surface area (Å²) in [5, 5.41) is 6.21. The number of nitrogens with one attached hydrogen (secondary N) is 2. The van der Waals surface area contributed by atoms with E-state index in [1.54, 1.807) is 12.1 Å². The predicted octanol–water partition coefficient (Wildman–Crippen LogP) is 5.62. The van der Waals surface area contributed by atoms with Crippen LogP contribution in [0.2, 0.25) is 0 Å². The van der Waals surface area contributed by atoms with Crippen molar-refractivity contribution in [2.45, 2.75) is 20.2 Å². The molecule has 0 saturated carbocycles. The second kappa shape index (κ2) is 9.34. The molecule has 30 heavy (non-hydrogen) atoms. The van der Waals surface area contributed by atoms with Gasteiger partial charge in [-0.2, -0.15) is 4.98 Å². The van der Waals surface area contributed by atoms with Crippen LogP contribution in [0.1, 0.15) is 13.8 Å². The Balaban J connectivity index is 1.90. The molecule has 2 N–H and O–H groups in total. The Morgan fingerprint density at radius 2 is 1.70 bits per heavy atom. The first kappa shape index (κ1) is 21.2. The minimum absolute atomic E-state index is 0.315. The maximum Gasteiger partial charge on any atom is 0.573 e. The SMILES string of the molecule is CCNc1nc(Nc2ccc(OCC)cc2)cc(-c2cccc(OC(F)(F)F)c2)n1. The predicted molar refractivity (Wildman–Crippen MR) is 109 cm³/mol. The molecule has 0 fully saturated rings. The summed E-state index contributed by atoms with van der Waals surface area (Å²) >= 11 is 0. The Labute approximate surface area is 172 Å². The molecule has 1 aromatic heterocycles. The highest BCUT2D eigenvalue weighted by Gasteiger charge is 2.31. The van der Waals surface area contributed by atoms with Crippen LogP contribution in [0.15, 0.2) is 54.6 Å². The molecule has 0 amide bonds. The zero-order valence-corrected chi connectivity index (χ0v) is 16.5. The fourth-order valence-electron chi connectivity index (χ4n) is 2.70. The number of rotatable bonds is 8. The molecule has 0 bridgehead atoms. The normalized spacial score (nSPS) is 11.1. The first-order valence-corrected chi connectivity index (χ1v) is 9.35. The molecule has 0 aliphatic rings. The lowest BCUT2D eigenvalue weighted by Gasteiger charge is -2.13. The average molecular weight is 418 g/mol. The van der Waals surface area contributed by atoms with Crippen molar-refractivity contribution in [3.8, 4) is 22.8 Å². The van der Waals surface area contributed by atoms with Gasteiger partial charge in [-0.25, -0.2) is 4.98 Å². The highest BCUT2D eigenvalue weighted by molar-refractivity contribution is 5.68. The van der Waals surface area contributed by atoms with Crippen LogP contribution < -0.4 is 20.1 Å². The van der Waals surface area contributed by atoms with E-state index >= 15 is 0 Å². The minimum Gasteiger partial charge on any atom is -0.494 e. The fraction of sp³-hybridized carbons (Fsp3) is 0.238. The number of hydrogen-bond acceptors (Lipinski definition) is 6. The van der Waals surface area contributed by atoms with Crippen molar-refractivity contribution in [3.63, 3.8) is 0 Å². The van der Waals surface area contributed by atoms with E-state index in [9.17, 15) is 13.2 Å². The van der Waals surface area contributed by atoms with Gasteiger partial charge >= 0.3 is 6.36 Å². The lowest BCUT2D eigenvalue weighted by molar-refractivity contribution is -0.274. The van der Waals surface area contributed by atoms with Crippen LogP contribution in [-0.4, -0.2) is 29.5 Å². The monoisotopic (exact) mass is 418 g/mol. The van der Waals surface area contributed by atoms with E-state index in [4.69, 9.17) is 4.74 Å². The molecule has 2 aromatic carbocycles. The number of anilines is 3. The van der Waals surface area contributed by atoms with Crippen LogP contribution in [0.5, 0.6) is 11.5 Å². The van der Waals surface area contributed by atoms with Gasteiger partial charge in [0.15, 0.2) is 0 Å². The molecular formula is C21H21F3N4O2. The molecule has 1 heterocycles. The van der Waals surface area contributed by atoms with Gasteiger partial charge in [-0.1, -0.05) is 12.1 Å². The van der Waals surface area contributed by atoms with Crippen LogP contribution in [-0.2, 0) is 0 Å². The van der Waals surface area contributed by atoms with Crippen LogP contribution in [0.4, 0.5) is 30.6 Å². The van der Waals surface area contributed by atoms with E-state index in [0.717, 1.165) is 11.4 Å². The van der Waals surface area contributed by atoms with E-state index in [-0.39, 0.29) is 5.75 Å². The third-order valence-electron chi connectivity index (χ3n) is 3.86. The summed E-state index contributed by atoms with van der Waals surface area (Å²) in [7, 11) is 0. The molecule has 0 saturated heterocycles. The van der Waals surface area contributed by atoms with Crippen LogP contribution in [0.3, 0.4) is 0 Å². The number of nitrogens with zero attached hydrogens (tertiary/aromatic N) is 2. The quantitative estimate of drug-likeness (QED) is 0.495. The second-order valence-electron chi connectivity index (χ2n) is 6.15. The molecule has 9 heteroatoms.